The second-order valence-electron chi connectivity index (χ2n) is 6.26. The fourth-order valence-electron chi connectivity index (χ4n) is 3.35. The Labute approximate surface area is 146 Å². The number of pyridine rings is 1. The summed E-state index contributed by atoms with van der Waals surface area (Å²) in [5, 5.41) is 0. The smallest absolute Gasteiger partial charge is 0.257 e. The lowest BCUT2D eigenvalue weighted by Crippen LogP contribution is -2.41. The van der Waals surface area contributed by atoms with Crippen LogP contribution < -0.4 is 0 Å². The highest BCUT2D eigenvalue weighted by atomic mass is 16.2. The van der Waals surface area contributed by atoms with Crippen LogP contribution in [0.5, 0.6) is 0 Å². The fraction of sp³-hybridized carbons (Fsp3) is 0.263. The van der Waals surface area contributed by atoms with Crippen LogP contribution in [-0.4, -0.2) is 36.9 Å². The summed E-state index contributed by atoms with van der Waals surface area (Å²) in [6.45, 7) is 5.66. The van der Waals surface area contributed by atoms with Crippen LogP contribution in [0.1, 0.15) is 34.7 Å². The molecule has 0 bridgehead atoms. The summed E-state index contributed by atoms with van der Waals surface area (Å²) in [6, 6.07) is 7.97. The maximum absolute atomic E-state index is 12.9. The zero-order chi connectivity index (χ0) is 17.4. The number of nitrogens with zero attached hydrogens (tertiary/aromatic N) is 5. The zero-order valence-electron chi connectivity index (χ0n) is 14.3. The molecule has 3 aromatic rings. The Morgan fingerprint density at radius 2 is 1.92 bits per heavy atom. The summed E-state index contributed by atoms with van der Waals surface area (Å²) in [5.74, 6) is 0.538. The molecule has 25 heavy (non-hydrogen) atoms. The van der Waals surface area contributed by atoms with Gasteiger partial charge in [-0.25, -0.2) is 9.97 Å². The van der Waals surface area contributed by atoms with E-state index in [0.717, 1.165) is 12.1 Å². The lowest BCUT2D eigenvalue weighted by atomic mass is 10.1. The molecule has 6 nitrogen and oxygen atoms in total. The van der Waals surface area contributed by atoms with Crippen molar-refractivity contribution in [2.45, 2.75) is 26.4 Å². The van der Waals surface area contributed by atoms with Gasteiger partial charge < -0.3 is 9.47 Å². The number of rotatable bonds is 2. The Hall–Kier alpha value is -3.02. The molecule has 3 aromatic heterocycles. The summed E-state index contributed by atoms with van der Waals surface area (Å²) >= 11 is 0. The average Bonchev–Trinajstić information content (AvgIpc) is 3.04. The van der Waals surface area contributed by atoms with Crippen LogP contribution in [0.4, 0.5) is 0 Å². The Morgan fingerprint density at radius 3 is 2.64 bits per heavy atom. The first-order valence-corrected chi connectivity index (χ1v) is 8.34. The molecule has 0 spiro atoms. The molecular formula is C19H19N5O. The molecule has 6 heteroatoms. The van der Waals surface area contributed by atoms with Crippen molar-refractivity contribution in [2.75, 3.05) is 6.54 Å². The molecule has 126 valence electrons. The number of amides is 1. The van der Waals surface area contributed by atoms with Crippen LogP contribution in [0.2, 0.25) is 0 Å². The molecule has 1 atom stereocenters. The third-order valence-electron chi connectivity index (χ3n) is 4.77. The first kappa shape index (κ1) is 15.5. The SMILES string of the molecule is Cc1ccc2n1CCN(C(=O)c1cnc(-c3cccnc3)nc1)C2C. The number of fused-ring (bicyclic) bond motifs is 1. The van der Waals surface area contributed by atoms with Crippen LogP contribution in [0, 0.1) is 6.92 Å². The van der Waals surface area contributed by atoms with Crippen LogP contribution in [0.25, 0.3) is 11.4 Å². The largest absolute Gasteiger partial charge is 0.345 e. The maximum atomic E-state index is 12.9. The standard InChI is InChI=1S/C19H19N5O/c1-13-5-6-17-14(2)24(9-8-23(13)17)19(25)16-11-21-18(22-12-16)15-4-3-7-20-10-15/h3-7,10-12,14H,8-9H2,1-2H3. The highest BCUT2D eigenvalue weighted by molar-refractivity contribution is 5.94. The molecule has 1 aliphatic heterocycles. The van der Waals surface area contributed by atoms with Crippen molar-refractivity contribution < 1.29 is 4.79 Å². The van der Waals surface area contributed by atoms with Gasteiger partial charge in [0, 0.05) is 54.8 Å². The number of hydrogen-bond donors (Lipinski definition) is 0. The second kappa shape index (κ2) is 6.12. The number of carbonyl (C=O) groups excluding carboxylic acids is 1. The minimum absolute atomic E-state index is 0.0321. The van der Waals surface area contributed by atoms with E-state index < -0.39 is 0 Å². The lowest BCUT2D eigenvalue weighted by Gasteiger charge is -2.35. The third-order valence-corrected chi connectivity index (χ3v) is 4.77. The van der Waals surface area contributed by atoms with Gasteiger partial charge in [0.1, 0.15) is 0 Å². The van der Waals surface area contributed by atoms with Gasteiger partial charge in [-0.05, 0) is 38.1 Å². The van der Waals surface area contributed by atoms with E-state index in [9.17, 15) is 4.79 Å². The fourth-order valence-corrected chi connectivity index (χ4v) is 3.35. The average molecular weight is 333 g/mol. The van der Waals surface area contributed by atoms with Crippen molar-refractivity contribution in [2.24, 2.45) is 0 Å². The van der Waals surface area contributed by atoms with E-state index in [0.29, 0.717) is 17.9 Å². The monoisotopic (exact) mass is 333 g/mol. The first-order valence-electron chi connectivity index (χ1n) is 8.34. The quantitative estimate of drug-likeness (QED) is 0.723. The van der Waals surface area contributed by atoms with Crippen LogP contribution in [0.3, 0.4) is 0 Å². The Morgan fingerprint density at radius 1 is 1.12 bits per heavy atom. The molecule has 0 radical (unpaired) electrons. The summed E-state index contributed by atoms with van der Waals surface area (Å²) in [5.41, 5.74) is 3.75. The summed E-state index contributed by atoms with van der Waals surface area (Å²) < 4.78 is 2.27. The third kappa shape index (κ3) is 2.69. The number of hydrogen-bond acceptors (Lipinski definition) is 4. The second-order valence-corrected chi connectivity index (χ2v) is 6.26. The van der Waals surface area contributed by atoms with Gasteiger partial charge in [-0.3, -0.25) is 9.78 Å². The maximum Gasteiger partial charge on any atom is 0.257 e. The summed E-state index contributed by atoms with van der Waals surface area (Å²) in [7, 11) is 0. The van der Waals surface area contributed by atoms with Crippen LogP contribution in [0.15, 0.2) is 49.1 Å². The molecule has 0 saturated carbocycles. The predicted molar refractivity (Wildman–Crippen MR) is 93.9 cm³/mol. The first-order chi connectivity index (χ1) is 12.1. The van der Waals surface area contributed by atoms with Gasteiger partial charge in [-0.15, -0.1) is 0 Å². The van der Waals surface area contributed by atoms with E-state index in [4.69, 9.17) is 0 Å². The molecule has 1 aliphatic rings. The molecule has 0 aromatic carbocycles. The summed E-state index contributed by atoms with van der Waals surface area (Å²) in [6.07, 6.45) is 6.61. The molecule has 1 unspecified atom stereocenters. The van der Waals surface area contributed by atoms with Gasteiger partial charge in [-0.1, -0.05) is 0 Å². The minimum Gasteiger partial charge on any atom is -0.345 e. The lowest BCUT2D eigenvalue weighted by molar-refractivity contribution is 0.0642. The molecule has 1 amide bonds. The van der Waals surface area contributed by atoms with Crippen molar-refractivity contribution in [3.05, 3.63) is 66.0 Å². The van der Waals surface area contributed by atoms with E-state index in [1.807, 2.05) is 17.0 Å². The van der Waals surface area contributed by atoms with Crippen LogP contribution >= 0.6 is 0 Å². The number of carbonyl (C=O) groups is 1. The predicted octanol–water partition coefficient (Wildman–Crippen LogP) is 2.87. The van der Waals surface area contributed by atoms with E-state index in [1.54, 1.807) is 24.8 Å². The van der Waals surface area contributed by atoms with Crippen molar-refractivity contribution in [3.8, 4) is 11.4 Å². The highest BCUT2D eigenvalue weighted by Gasteiger charge is 2.29. The molecule has 0 aliphatic carbocycles. The Balaban J connectivity index is 1.57. The van der Waals surface area contributed by atoms with Gasteiger partial charge >= 0.3 is 0 Å². The van der Waals surface area contributed by atoms with E-state index in [2.05, 4.69) is 45.5 Å². The highest BCUT2D eigenvalue weighted by Crippen LogP contribution is 2.28. The van der Waals surface area contributed by atoms with Gasteiger partial charge in [0.25, 0.3) is 5.91 Å². The number of aryl methyl sites for hydroxylation is 1. The van der Waals surface area contributed by atoms with Gasteiger partial charge in [0.05, 0.1) is 11.6 Å². The Kier molecular flexibility index (Phi) is 3.80. The molecular weight excluding hydrogens is 314 g/mol. The van der Waals surface area contributed by atoms with Crippen LogP contribution in [-0.2, 0) is 6.54 Å². The van der Waals surface area contributed by atoms with Gasteiger partial charge in [0.2, 0.25) is 0 Å². The zero-order valence-corrected chi connectivity index (χ0v) is 14.3. The summed E-state index contributed by atoms with van der Waals surface area (Å²) in [4.78, 5) is 27.5. The van der Waals surface area contributed by atoms with E-state index in [-0.39, 0.29) is 11.9 Å². The molecule has 0 fully saturated rings. The molecule has 4 rings (SSSR count). The van der Waals surface area contributed by atoms with Crippen molar-refractivity contribution in [1.29, 1.82) is 0 Å². The van der Waals surface area contributed by atoms with Crippen molar-refractivity contribution in [1.82, 2.24) is 24.4 Å². The topological polar surface area (TPSA) is 63.9 Å². The molecule has 4 heterocycles. The van der Waals surface area contributed by atoms with E-state index in [1.165, 1.54) is 11.4 Å². The van der Waals surface area contributed by atoms with Gasteiger partial charge in [-0.2, -0.15) is 0 Å². The van der Waals surface area contributed by atoms with E-state index >= 15 is 0 Å². The minimum atomic E-state index is -0.0321. The van der Waals surface area contributed by atoms with Crippen molar-refractivity contribution in [3.63, 3.8) is 0 Å². The van der Waals surface area contributed by atoms with Gasteiger partial charge in [0.15, 0.2) is 5.82 Å². The molecule has 0 N–H and O–H groups in total. The Bertz CT molecular complexity index is 901. The number of aromatic nitrogens is 4. The van der Waals surface area contributed by atoms with Crippen molar-refractivity contribution >= 4 is 5.91 Å². The molecule has 0 saturated heterocycles. The normalized spacial score (nSPS) is 16.6.